The van der Waals surface area contributed by atoms with Crippen LogP contribution in [0.15, 0.2) is 24.2 Å². The maximum absolute atomic E-state index is 12.6. The summed E-state index contributed by atoms with van der Waals surface area (Å²) in [7, 11) is 0. The molecule has 3 N–H and O–H groups in total. The number of carbonyl (C=O) groups excluding carboxylic acids is 1. The van der Waals surface area contributed by atoms with Gasteiger partial charge >= 0.3 is 0 Å². The van der Waals surface area contributed by atoms with Crippen LogP contribution in [0.2, 0.25) is 0 Å². The van der Waals surface area contributed by atoms with E-state index >= 15 is 0 Å². The van der Waals surface area contributed by atoms with Gasteiger partial charge in [0.25, 0.3) is 5.91 Å². The number of ether oxygens (including phenoxy) is 1. The number of rotatable bonds is 5. The summed E-state index contributed by atoms with van der Waals surface area (Å²) in [4.78, 5) is 12.6. The molecule has 0 bridgehead atoms. The van der Waals surface area contributed by atoms with Crippen LogP contribution in [-0.2, 0) is 11.3 Å². The predicted octanol–water partition coefficient (Wildman–Crippen LogP) is 0.562. The fourth-order valence-electron chi connectivity index (χ4n) is 2.96. The van der Waals surface area contributed by atoms with Gasteiger partial charge in [0.15, 0.2) is 0 Å². The zero-order valence-corrected chi connectivity index (χ0v) is 12.8. The lowest BCUT2D eigenvalue weighted by Crippen LogP contribution is -2.49. The molecule has 1 aromatic heterocycles. The van der Waals surface area contributed by atoms with Crippen LogP contribution in [0.1, 0.15) is 36.7 Å². The highest BCUT2D eigenvalue weighted by molar-refractivity contribution is 5.93. The van der Waals surface area contributed by atoms with Crippen molar-refractivity contribution in [3.63, 3.8) is 0 Å². The molecule has 2 aliphatic rings. The third kappa shape index (κ3) is 3.09. The molecular weight excluding hydrogens is 282 g/mol. The lowest BCUT2D eigenvalue weighted by molar-refractivity contribution is -0.000521. The molecule has 0 aromatic carbocycles. The van der Waals surface area contributed by atoms with Gasteiger partial charge in [-0.2, -0.15) is 5.10 Å². The minimum Gasteiger partial charge on any atom is -0.376 e. The molecule has 0 radical (unpaired) electrons. The van der Waals surface area contributed by atoms with Crippen molar-refractivity contribution >= 4 is 5.91 Å². The van der Waals surface area contributed by atoms with E-state index in [0.717, 1.165) is 31.6 Å². The van der Waals surface area contributed by atoms with E-state index in [2.05, 4.69) is 21.0 Å². The monoisotopic (exact) mass is 305 g/mol. The van der Waals surface area contributed by atoms with E-state index in [1.165, 1.54) is 0 Å². The second-order valence-electron chi connectivity index (χ2n) is 5.55. The van der Waals surface area contributed by atoms with Crippen molar-refractivity contribution in [1.82, 2.24) is 25.7 Å². The van der Waals surface area contributed by atoms with Crippen molar-refractivity contribution in [3.8, 4) is 0 Å². The van der Waals surface area contributed by atoms with Gasteiger partial charge in [-0.25, -0.2) is 0 Å². The molecule has 0 saturated carbocycles. The Morgan fingerprint density at radius 3 is 3.18 bits per heavy atom. The fraction of sp³-hybridized carbons (Fsp3) is 0.600. The van der Waals surface area contributed by atoms with Crippen molar-refractivity contribution in [2.75, 3.05) is 13.3 Å². The number of hydrogen-bond donors (Lipinski definition) is 3. The number of aryl methyl sites for hydroxylation is 1. The lowest BCUT2D eigenvalue weighted by atomic mass is 9.99. The number of aromatic nitrogens is 2. The Morgan fingerprint density at radius 1 is 1.59 bits per heavy atom. The maximum Gasteiger partial charge on any atom is 0.270 e. The van der Waals surface area contributed by atoms with Gasteiger partial charge in [0.2, 0.25) is 0 Å². The molecule has 22 heavy (non-hydrogen) atoms. The van der Waals surface area contributed by atoms with E-state index in [1.807, 2.05) is 13.1 Å². The third-order valence-corrected chi connectivity index (χ3v) is 4.11. The van der Waals surface area contributed by atoms with Crippen LogP contribution in [0, 0.1) is 0 Å². The molecule has 3 rings (SSSR count). The SMILES string of the molecule is CCn1nccc1C(=O)NC(C1=CNCN1)C1CCCCO1. The number of nitrogens with zero attached hydrogens (tertiary/aromatic N) is 2. The molecule has 1 aromatic rings. The van der Waals surface area contributed by atoms with Crippen LogP contribution < -0.4 is 16.0 Å². The molecule has 120 valence electrons. The molecule has 2 unspecified atom stereocenters. The summed E-state index contributed by atoms with van der Waals surface area (Å²) in [5.41, 5.74) is 1.55. The van der Waals surface area contributed by atoms with Crippen LogP contribution in [0.25, 0.3) is 0 Å². The first-order valence-corrected chi connectivity index (χ1v) is 7.91. The molecule has 0 spiro atoms. The summed E-state index contributed by atoms with van der Waals surface area (Å²) >= 11 is 0. The topological polar surface area (TPSA) is 80.2 Å². The van der Waals surface area contributed by atoms with Crippen molar-refractivity contribution < 1.29 is 9.53 Å². The molecule has 7 heteroatoms. The van der Waals surface area contributed by atoms with Crippen LogP contribution in [0.3, 0.4) is 0 Å². The molecule has 1 saturated heterocycles. The van der Waals surface area contributed by atoms with Crippen molar-refractivity contribution in [3.05, 3.63) is 29.9 Å². The van der Waals surface area contributed by atoms with Crippen molar-refractivity contribution in [2.24, 2.45) is 0 Å². The quantitative estimate of drug-likeness (QED) is 0.741. The highest BCUT2D eigenvalue weighted by atomic mass is 16.5. The highest BCUT2D eigenvalue weighted by Crippen LogP contribution is 2.20. The molecule has 2 aliphatic heterocycles. The summed E-state index contributed by atoms with van der Waals surface area (Å²) in [6, 6.07) is 1.58. The molecule has 7 nitrogen and oxygen atoms in total. The van der Waals surface area contributed by atoms with Crippen LogP contribution >= 0.6 is 0 Å². The zero-order valence-electron chi connectivity index (χ0n) is 12.8. The fourth-order valence-corrected chi connectivity index (χ4v) is 2.96. The maximum atomic E-state index is 12.6. The molecule has 1 amide bonds. The van der Waals surface area contributed by atoms with Crippen LogP contribution in [0.5, 0.6) is 0 Å². The summed E-state index contributed by atoms with van der Waals surface area (Å²) in [5, 5.41) is 13.7. The average molecular weight is 305 g/mol. The molecule has 1 fully saturated rings. The number of nitrogens with one attached hydrogen (secondary N) is 3. The first-order valence-electron chi connectivity index (χ1n) is 7.91. The highest BCUT2D eigenvalue weighted by Gasteiger charge is 2.31. The van der Waals surface area contributed by atoms with Crippen LogP contribution in [-0.4, -0.2) is 41.1 Å². The van der Waals surface area contributed by atoms with E-state index in [9.17, 15) is 4.79 Å². The van der Waals surface area contributed by atoms with Gasteiger partial charge in [0, 0.05) is 25.5 Å². The minimum absolute atomic E-state index is 0.00866. The van der Waals surface area contributed by atoms with Gasteiger partial charge in [-0.3, -0.25) is 9.48 Å². The summed E-state index contributed by atoms with van der Waals surface area (Å²) in [6.45, 7) is 4.07. The Kier molecular flexibility index (Phi) is 4.62. The van der Waals surface area contributed by atoms with Gasteiger partial charge in [-0.15, -0.1) is 0 Å². The molecule has 2 atom stereocenters. The number of carbonyl (C=O) groups is 1. The average Bonchev–Trinajstić information content (AvgIpc) is 3.24. The second-order valence-corrected chi connectivity index (χ2v) is 5.55. The van der Waals surface area contributed by atoms with Gasteiger partial charge in [0.1, 0.15) is 5.69 Å². The smallest absolute Gasteiger partial charge is 0.270 e. The molecule has 0 aliphatic carbocycles. The van der Waals surface area contributed by atoms with Crippen molar-refractivity contribution in [1.29, 1.82) is 0 Å². The third-order valence-electron chi connectivity index (χ3n) is 4.11. The first kappa shape index (κ1) is 14.9. The van der Waals surface area contributed by atoms with Gasteiger partial charge < -0.3 is 20.7 Å². The summed E-state index contributed by atoms with van der Waals surface area (Å²) < 4.78 is 7.58. The normalized spacial score (nSPS) is 22.4. The van der Waals surface area contributed by atoms with Gasteiger partial charge in [0.05, 0.1) is 24.5 Å². The summed E-state index contributed by atoms with van der Waals surface area (Å²) in [6.07, 6.45) is 6.75. The van der Waals surface area contributed by atoms with E-state index in [0.29, 0.717) is 18.9 Å². The Bertz CT molecular complexity index is 548. The molecule has 3 heterocycles. The minimum atomic E-state index is -0.164. The van der Waals surface area contributed by atoms with E-state index in [-0.39, 0.29) is 18.1 Å². The van der Waals surface area contributed by atoms with E-state index in [4.69, 9.17) is 4.74 Å². The van der Waals surface area contributed by atoms with Crippen molar-refractivity contribution in [2.45, 2.75) is 44.9 Å². The largest absolute Gasteiger partial charge is 0.376 e. The zero-order chi connectivity index (χ0) is 15.4. The molecular formula is C15H23N5O2. The standard InChI is InChI=1S/C15H23N5O2/c1-2-20-12(6-7-18-20)15(21)19-14(11-9-16-10-17-11)13-5-3-4-8-22-13/h6-7,9,13-14,16-17H,2-5,8,10H2,1H3,(H,19,21). The summed E-state index contributed by atoms with van der Waals surface area (Å²) in [5.74, 6) is -0.117. The first-order chi connectivity index (χ1) is 10.8. The number of hydrogen-bond acceptors (Lipinski definition) is 5. The Labute approximate surface area is 130 Å². The second kappa shape index (κ2) is 6.83. The lowest BCUT2D eigenvalue weighted by Gasteiger charge is -2.31. The predicted molar refractivity (Wildman–Crippen MR) is 82.0 cm³/mol. The Hall–Kier alpha value is -2.02. The van der Waals surface area contributed by atoms with E-state index in [1.54, 1.807) is 16.9 Å². The van der Waals surface area contributed by atoms with E-state index < -0.39 is 0 Å². The van der Waals surface area contributed by atoms with Gasteiger partial charge in [-0.1, -0.05) is 0 Å². The Morgan fingerprint density at radius 2 is 2.50 bits per heavy atom. The van der Waals surface area contributed by atoms with Gasteiger partial charge in [-0.05, 0) is 32.3 Å². The van der Waals surface area contributed by atoms with Crippen LogP contribution in [0.4, 0.5) is 0 Å². The Balaban J connectivity index is 1.75. The number of amides is 1.